The SMILES string of the molecule is CCCCn1nc(C)cc1-c1ccc(OC)c(O[C@H]2CCCO2)c1. The van der Waals surface area contributed by atoms with E-state index in [1.165, 1.54) is 0 Å². The summed E-state index contributed by atoms with van der Waals surface area (Å²) < 4.78 is 19.1. The topological polar surface area (TPSA) is 45.5 Å². The van der Waals surface area contributed by atoms with Crippen molar-refractivity contribution in [2.24, 2.45) is 0 Å². The highest BCUT2D eigenvalue weighted by molar-refractivity contribution is 5.64. The van der Waals surface area contributed by atoms with Gasteiger partial charge in [-0.2, -0.15) is 5.10 Å². The van der Waals surface area contributed by atoms with Gasteiger partial charge >= 0.3 is 0 Å². The van der Waals surface area contributed by atoms with E-state index in [1.807, 2.05) is 19.1 Å². The molecule has 0 saturated carbocycles. The number of ether oxygens (including phenoxy) is 3. The third-order valence-electron chi connectivity index (χ3n) is 4.23. The van der Waals surface area contributed by atoms with E-state index in [0.717, 1.165) is 67.3 Å². The molecule has 1 aromatic carbocycles. The number of unbranched alkanes of at least 4 members (excludes halogenated alkanes) is 1. The van der Waals surface area contributed by atoms with Crippen LogP contribution in [0.15, 0.2) is 24.3 Å². The van der Waals surface area contributed by atoms with E-state index in [9.17, 15) is 0 Å². The van der Waals surface area contributed by atoms with Crippen molar-refractivity contribution in [3.63, 3.8) is 0 Å². The van der Waals surface area contributed by atoms with Crippen molar-refractivity contribution in [1.29, 1.82) is 0 Å². The van der Waals surface area contributed by atoms with E-state index in [-0.39, 0.29) is 6.29 Å². The fourth-order valence-electron chi connectivity index (χ4n) is 2.97. The zero-order valence-electron chi connectivity index (χ0n) is 14.7. The molecule has 1 saturated heterocycles. The van der Waals surface area contributed by atoms with Crippen LogP contribution >= 0.6 is 0 Å². The first-order valence-electron chi connectivity index (χ1n) is 8.72. The Morgan fingerprint density at radius 1 is 1.29 bits per heavy atom. The van der Waals surface area contributed by atoms with Gasteiger partial charge in [0.15, 0.2) is 17.8 Å². The molecule has 3 rings (SSSR count). The van der Waals surface area contributed by atoms with Crippen LogP contribution in [0.2, 0.25) is 0 Å². The lowest BCUT2D eigenvalue weighted by molar-refractivity contribution is -0.0402. The number of hydrogen-bond donors (Lipinski definition) is 0. The quantitative estimate of drug-likeness (QED) is 0.764. The number of benzene rings is 1. The molecule has 0 radical (unpaired) electrons. The van der Waals surface area contributed by atoms with E-state index >= 15 is 0 Å². The smallest absolute Gasteiger partial charge is 0.200 e. The van der Waals surface area contributed by atoms with Crippen molar-refractivity contribution < 1.29 is 14.2 Å². The van der Waals surface area contributed by atoms with E-state index in [4.69, 9.17) is 14.2 Å². The maximum absolute atomic E-state index is 6.01. The Balaban J connectivity index is 1.90. The highest BCUT2D eigenvalue weighted by Crippen LogP contribution is 2.34. The zero-order valence-corrected chi connectivity index (χ0v) is 14.7. The lowest BCUT2D eigenvalue weighted by Gasteiger charge is -2.16. The van der Waals surface area contributed by atoms with Crippen LogP contribution in [-0.4, -0.2) is 29.8 Å². The third-order valence-corrected chi connectivity index (χ3v) is 4.23. The number of nitrogens with zero attached hydrogens (tertiary/aromatic N) is 2. The maximum Gasteiger partial charge on any atom is 0.200 e. The first-order chi connectivity index (χ1) is 11.7. The molecular weight excluding hydrogens is 304 g/mol. The normalized spacial score (nSPS) is 17.2. The molecule has 24 heavy (non-hydrogen) atoms. The van der Waals surface area contributed by atoms with Crippen molar-refractivity contribution in [2.75, 3.05) is 13.7 Å². The number of methoxy groups -OCH3 is 1. The summed E-state index contributed by atoms with van der Waals surface area (Å²) in [6.45, 7) is 5.90. The van der Waals surface area contributed by atoms with Crippen molar-refractivity contribution in [1.82, 2.24) is 9.78 Å². The molecule has 1 aliphatic rings. The molecule has 1 fully saturated rings. The van der Waals surface area contributed by atoms with Gasteiger partial charge in [-0.25, -0.2) is 0 Å². The molecule has 1 atom stereocenters. The van der Waals surface area contributed by atoms with Gasteiger partial charge in [0.1, 0.15) is 0 Å². The summed E-state index contributed by atoms with van der Waals surface area (Å²) in [7, 11) is 1.66. The fourth-order valence-corrected chi connectivity index (χ4v) is 2.97. The van der Waals surface area contributed by atoms with E-state index in [1.54, 1.807) is 7.11 Å². The molecule has 5 heteroatoms. The second kappa shape index (κ2) is 7.71. The molecule has 2 aromatic rings. The van der Waals surface area contributed by atoms with Gasteiger partial charge in [0.25, 0.3) is 0 Å². The largest absolute Gasteiger partial charge is 0.493 e. The summed E-state index contributed by atoms with van der Waals surface area (Å²) in [6.07, 6.45) is 4.04. The molecule has 0 unspecified atom stereocenters. The summed E-state index contributed by atoms with van der Waals surface area (Å²) in [5, 5.41) is 4.62. The van der Waals surface area contributed by atoms with Crippen LogP contribution in [0.4, 0.5) is 0 Å². The summed E-state index contributed by atoms with van der Waals surface area (Å²) in [5.41, 5.74) is 3.22. The first kappa shape index (κ1) is 16.8. The Bertz CT molecular complexity index is 675. The van der Waals surface area contributed by atoms with Crippen LogP contribution in [0.1, 0.15) is 38.3 Å². The van der Waals surface area contributed by atoms with Gasteiger partial charge in [-0.1, -0.05) is 13.3 Å². The predicted octanol–water partition coefficient (Wildman–Crippen LogP) is 4.18. The molecule has 0 aliphatic carbocycles. The monoisotopic (exact) mass is 330 g/mol. The Kier molecular flexibility index (Phi) is 5.41. The predicted molar refractivity (Wildman–Crippen MR) is 93.5 cm³/mol. The van der Waals surface area contributed by atoms with E-state index in [0.29, 0.717) is 0 Å². The molecule has 2 heterocycles. The minimum atomic E-state index is -0.180. The van der Waals surface area contributed by atoms with Crippen LogP contribution in [-0.2, 0) is 11.3 Å². The van der Waals surface area contributed by atoms with E-state index < -0.39 is 0 Å². The zero-order chi connectivity index (χ0) is 16.9. The molecule has 0 spiro atoms. The fraction of sp³-hybridized carbons (Fsp3) is 0.526. The number of aryl methyl sites for hydroxylation is 2. The highest BCUT2D eigenvalue weighted by atomic mass is 16.7. The molecule has 0 amide bonds. The molecule has 0 N–H and O–H groups in total. The van der Waals surface area contributed by atoms with Crippen molar-refractivity contribution in [3.05, 3.63) is 30.0 Å². The van der Waals surface area contributed by atoms with Gasteiger partial charge in [0, 0.05) is 18.5 Å². The lowest BCUT2D eigenvalue weighted by atomic mass is 10.1. The van der Waals surface area contributed by atoms with Crippen molar-refractivity contribution in [2.45, 2.75) is 52.4 Å². The van der Waals surface area contributed by atoms with Crippen molar-refractivity contribution >= 4 is 0 Å². The Hall–Kier alpha value is -2.01. The van der Waals surface area contributed by atoms with Gasteiger partial charge in [-0.15, -0.1) is 0 Å². The van der Waals surface area contributed by atoms with Crippen LogP contribution in [0, 0.1) is 6.92 Å². The minimum Gasteiger partial charge on any atom is -0.493 e. The summed E-state index contributed by atoms with van der Waals surface area (Å²) >= 11 is 0. The molecule has 130 valence electrons. The number of rotatable bonds is 7. The summed E-state index contributed by atoms with van der Waals surface area (Å²) in [4.78, 5) is 0. The van der Waals surface area contributed by atoms with Gasteiger partial charge in [0.2, 0.25) is 0 Å². The highest BCUT2D eigenvalue weighted by Gasteiger charge is 2.20. The van der Waals surface area contributed by atoms with Gasteiger partial charge in [0.05, 0.1) is 25.1 Å². The van der Waals surface area contributed by atoms with Gasteiger partial charge < -0.3 is 14.2 Å². The average molecular weight is 330 g/mol. The lowest BCUT2D eigenvalue weighted by Crippen LogP contribution is -2.14. The molecular formula is C19H26N2O3. The second-order valence-corrected chi connectivity index (χ2v) is 6.17. The van der Waals surface area contributed by atoms with Crippen LogP contribution < -0.4 is 9.47 Å². The Morgan fingerprint density at radius 2 is 2.17 bits per heavy atom. The molecule has 5 nitrogen and oxygen atoms in total. The molecule has 1 aliphatic heterocycles. The van der Waals surface area contributed by atoms with Gasteiger partial charge in [-0.05, 0) is 44.0 Å². The number of hydrogen-bond acceptors (Lipinski definition) is 4. The minimum absolute atomic E-state index is 0.180. The van der Waals surface area contributed by atoms with Crippen molar-refractivity contribution in [3.8, 4) is 22.8 Å². The third kappa shape index (κ3) is 3.73. The van der Waals surface area contributed by atoms with E-state index in [2.05, 4.69) is 28.8 Å². The second-order valence-electron chi connectivity index (χ2n) is 6.17. The van der Waals surface area contributed by atoms with Crippen LogP contribution in [0.5, 0.6) is 11.5 Å². The molecule has 0 bridgehead atoms. The Labute approximate surface area is 143 Å². The maximum atomic E-state index is 6.01. The van der Waals surface area contributed by atoms with Gasteiger partial charge in [-0.3, -0.25) is 4.68 Å². The van der Waals surface area contributed by atoms with Crippen LogP contribution in [0.25, 0.3) is 11.3 Å². The summed E-state index contributed by atoms with van der Waals surface area (Å²) in [6, 6.07) is 8.15. The van der Waals surface area contributed by atoms with Crippen LogP contribution in [0.3, 0.4) is 0 Å². The Morgan fingerprint density at radius 3 is 2.88 bits per heavy atom. The standard InChI is InChI=1S/C19H26N2O3/c1-4-5-10-21-16(12-14(2)20-21)15-8-9-17(22-3)18(13-15)24-19-7-6-11-23-19/h8-9,12-13,19H,4-7,10-11H2,1-3H3/t19-/m0/s1. The molecule has 1 aromatic heterocycles. The average Bonchev–Trinajstić information content (AvgIpc) is 3.22. The summed E-state index contributed by atoms with van der Waals surface area (Å²) in [5.74, 6) is 1.45. The first-order valence-corrected chi connectivity index (χ1v) is 8.72. The number of aromatic nitrogens is 2.